The van der Waals surface area contributed by atoms with Crippen molar-refractivity contribution in [2.24, 2.45) is 0 Å². The summed E-state index contributed by atoms with van der Waals surface area (Å²) >= 11 is 6.01. The van der Waals surface area contributed by atoms with Crippen LogP contribution in [-0.2, 0) is 4.74 Å². The highest BCUT2D eigenvalue weighted by atomic mass is 35.5. The predicted molar refractivity (Wildman–Crippen MR) is 61.3 cm³/mol. The molecular weight excluding hydrogens is 228 g/mol. The molecule has 0 aliphatic carbocycles. The van der Waals surface area contributed by atoms with Crippen molar-refractivity contribution >= 4 is 17.9 Å². The molecule has 0 amide bonds. The summed E-state index contributed by atoms with van der Waals surface area (Å²) in [6.45, 7) is 1.46. The molecule has 86 valence electrons. The second-order valence-corrected chi connectivity index (χ2v) is 4.14. The first kappa shape index (κ1) is 11.4. The van der Waals surface area contributed by atoms with Crippen molar-refractivity contribution in [1.29, 1.82) is 0 Å². The zero-order valence-corrected chi connectivity index (χ0v) is 9.57. The quantitative estimate of drug-likeness (QED) is 0.762. The third-order valence-corrected chi connectivity index (χ3v) is 2.85. The lowest BCUT2D eigenvalue weighted by Gasteiger charge is -2.23. The third kappa shape index (κ3) is 2.74. The van der Waals surface area contributed by atoms with Gasteiger partial charge in [-0.1, -0.05) is 11.6 Å². The molecule has 0 saturated carbocycles. The fourth-order valence-electron chi connectivity index (χ4n) is 1.66. The molecule has 1 saturated heterocycles. The van der Waals surface area contributed by atoms with Gasteiger partial charge in [-0.05, 0) is 18.2 Å². The molecule has 1 aliphatic heterocycles. The number of rotatable bonds is 3. The van der Waals surface area contributed by atoms with Crippen molar-refractivity contribution in [2.75, 3.05) is 13.2 Å². The molecule has 0 bridgehead atoms. The van der Waals surface area contributed by atoms with Crippen molar-refractivity contribution in [1.82, 2.24) is 0 Å². The summed E-state index contributed by atoms with van der Waals surface area (Å²) in [5.41, 5.74) is 0.560. The van der Waals surface area contributed by atoms with Crippen molar-refractivity contribution in [3.8, 4) is 5.75 Å². The average Bonchev–Trinajstić information content (AvgIpc) is 2.33. The van der Waals surface area contributed by atoms with Crippen LogP contribution in [0.3, 0.4) is 0 Å². The lowest BCUT2D eigenvalue weighted by Crippen LogP contribution is -2.25. The Kier molecular flexibility index (Phi) is 3.80. The highest BCUT2D eigenvalue weighted by Crippen LogP contribution is 2.27. The minimum Gasteiger partial charge on any atom is -0.489 e. The number of benzene rings is 1. The van der Waals surface area contributed by atoms with E-state index in [9.17, 15) is 4.79 Å². The van der Waals surface area contributed by atoms with E-state index in [2.05, 4.69) is 0 Å². The normalized spacial score (nSPS) is 17.1. The SMILES string of the molecule is O=Cc1ccc(OC2CCOCC2)c(Cl)c1. The van der Waals surface area contributed by atoms with Crippen molar-refractivity contribution in [2.45, 2.75) is 18.9 Å². The van der Waals surface area contributed by atoms with Crippen LogP contribution in [0.4, 0.5) is 0 Å². The number of hydrogen-bond donors (Lipinski definition) is 0. The second kappa shape index (κ2) is 5.32. The minimum absolute atomic E-state index is 0.160. The van der Waals surface area contributed by atoms with Gasteiger partial charge < -0.3 is 9.47 Å². The van der Waals surface area contributed by atoms with E-state index in [0.29, 0.717) is 16.3 Å². The molecule has 3 nitrogen and oxygen atoms in total. The fraction of sp³-hybridized carbons (Fsp3) is 0.417. The van der Waals surface area contributed by atoms with E-state index in [0.717, 1.165) is 32.3 Å². The van der Waals surface area contributed by atoms with E-state index in [1.165, 1.54) is 0 Å². The summed E-state index contributed by atoms with van der Waals surface area (Å²) in [7, 11) is 0. The lowest BCUT2D eigenvalue weighted by molar-refractivity contribution is 0.0256. The van der Waals surface area contributed by atoms with Gasteiger partial charge in [-0.2, -0.15) is 0 Å². The summed E-state index contributed by atoms with van der Waals surface area (Å²) in [6, 6.07) is 5.05. The molecule has 2 rings (SSSR count). The smallest absolute Gasteiger partial charge is 0.150 e. The molecule has 1 heterocycles. The maximum absolute atomic E-state index is 10.5. The Hall–Kier alpha value is -1.06. The van der Waals surface area contributed by atoms with Crippen LogP contribution in [0.5, 0.6) is 5.75 Å². The summed E-state index contributed by atoms with van der Waals surface area (Å²) < 4.78 is 11.0. The molecule has 1 aliphatic rings. The van der Waals surface area contributed by atoms with Gasteiger partial charge in [0.2, 0.25) is 0 Å². The number of halogens is 1. The lowest BCUT2D eigenvalue weighted by atomic mass is 10.1. The number of hydrogen-bond acceptors (Lipinski definition) is 3. The first-order valence-electron chi connectivity index (χ1n) is 5.29. The van der Waals surface area contributed by atoms with E-state index < -0.39 is 0 Å². The van der Waals surface area contributed by atoms with Crippen LogP contribution in [0, 0.1) is 0 Å². The highest BCUT2D eigenvalue weighted by molar-refractivity contribution is 6.32. The summed E-state index contributed by atoms with van der Waals surface area (Å²) in [4.78, 5) is 10.5. The van der Waals surface area contributed by atoms with Gasteiger partial charge in [-0.25, -0.2) is 0 Å². The van der Waals surface area contributed by atoms with Gasteiger partial charge in [0.1, 0.15) is 18.1 Å². The molecule has 1 fully saturated rings. The molecule has 0 unspecified atom stereocenters. The first-order valence-corrected chi connectivity index (χ1v) is 5.66. The predicted octanol–water partition coefficient (Wildman–Crippen LogP) is 2.71. The molecule has 0 spiro atoms. The highest BCUT2D eigenvalue weighted by Gasteiger charge is 2.16. The summed E-state index contributed by atoms with van der Waals surface area (Å²) in [6.07, 6.45) is 2.69. The first-order chi connectivity index (χ1) is 7.79. The molecule has 0 atom stereocenters. The fourth-order valence-corrected chi connectivity index (χ4v) is 1.89. The maximum atomic E-state index is 10.5. The Morgan fingerprint density at radius 1 is 1.38 bits per heavy atom. The Morgan fingerprint density at radius 2 is 2.12 bits per heavy atom. The Bertz CT molecular complexity index is 373. The molecular formula is C12H13ClO3. The van der Waals surface area contributed by atoms with Crippen molar-refractivity contribution < 1.29 is 14.3 Å². The molecule has 1 aromatic rings. The Labute approximate surface area is 99.3 Å². The summed E-state index contributed by atoms with van der Waals surface area (Å²) in [5.74, 6) is 0.638. The van der Waals surface area contributed by atoms with Crippen molar-refractivity contribution in [3.63, 3.8) is 0 Å². The largest absolute Gasteiger partial charge is 0.489 e. The van der Waals surface area contributed by atoms with Crippen LogP contribution in [0.1, 0.15) is 23.2 Å². The van der Waals surface area contributed by atoms with Gasteiger partial charge in [0.05, 0.1) is 18.2 Å². The van der Waals surface area contributed by atoms with Crippen LogP contribution >= 0.6 is 11.6 Å². The van der Waals surface area contributed by atoms with Gasteiger partial charge in [0, 0.05) is 18.4 Å². The zero-order chi connectivity index (χ0) is 11.4. The molecule has 0 aromatic heterocycles. The average molecular weight is 241 g/mol. The number of carbonyl (C=O) groups excluding carboxylic acids is 1. The van der Waals surface area contributed by atoms with Gasteiger partial charge >= 0.3 is 0 Å². The van der Waals surface area contributed by atoms with Crippen LogP contribution in [-0.4, -0.2) is 25.6 Å². The second-order valence-electron chi connectivity index (χ2n) is 3.74. The topological polar surface area (TPSA) is 35.5 Å². The van der Waals surface area contributed by atoms with E-state index in [1.807, 2.05) is 0 Å². The molecule has 1 aromatic carbocycles. The van der Waals surface area contributed by atoms with Crippen LogP contribution < -0.4 is 4.74 Å². The van der Waals surface area contributed by atoms with Gasteiger partial charge in [-0.3, -0.25) is 4.79 Å². The van der Waals surface area contributed by atoms with Gasteiger partial charge in [0.25, 0.3) is 0 Å². The number of aldehydes is 1. The molecule has 4 heteroatoms. The summed E-state index contributed by atoms with van der Waals surface area (Å²) in [5, 5.41) is 0.482. The maximum Gasteiger partial charge on any atom is 0.150 e. The van der Waals surface area contributed by atoms with Crippen LogP contribution in [0.2, 0.25) is 5.02 Å². The Balaban J connectivity index is 2.05. The standard InChI is InChI=1S/C12H13ClO3/c13-11-7-9(8-14)1-2-12(11)16-10-3-5-15-6-4-10/h1-2,7-8,10H,3-6H2. The Morgan fingerprint density at radius 3 is 2.75 bits per heavy atom. The molecule has 0 N–H and O–H groups in total. The molecule has 0 radical (unpaired) electrons. The zero-order valence-electron chi connectivity index (χ0n) is 8.82. The number of ether oxygens (including phenoxy) is 2. The molecule has 16 heavy (non-hydrogen) atoms. The third-order valence-electron chi connectivity index (χ3n) is 2.55. The number of carbonyl (C=O) groups is 1. The van der Waals surface area contributed by atoms with Gasteiger partial charge in [-0.15, -0.1) is 0 Å². The van der Waals surface area contributed by atoms with Gasteiger partial charge in [0.15, 0.2) is 0 Å². The minimum atomic E-state index is 0.160. The van der Waals surface area contributed by atoms with E-state index in [1.54, 1.807) is 18.2 Å². The van der Waals surface area contributed by atoms with Crippen LogP contribution in [0.15, 0.2) is 18.2 Å². The van der Waals surface area contributed by atoms with Crippen LogP contribution in [0.25, 0.3) is 0 Å². The van der Waals surface area contributed by atoms with E-state index in [4.69, 9.17) is 21.1 Å². The van der Waals surface area contributed by atoms with E-state index >= 15 is 0 Å². The monoisotopic (exact) mass is 240 g/mol. The van der Waals surface area contributed by atoms with E-state index in [-0.39, 0.29) is 6.10 Å². The van der Waals surface area contributed by atoms with Crippen molar-refractivity contribution in [3.05, 3.63) is 28.8 Å².